The molecule has 2 aliphatic rings. The summed E-state index contributed by atoms with van der Waals surface area (Å²) in [6, 6.07) is 16.5. The minimum absolute atomic E-state index is 0.0620. The number of aromatic nitrogens is 2. The number of hydrogen-bond acceptors (Lipinski definition) is 3. The highest BCUT2D eigenvalue weighted by molar-refractivity contribution is 6.06. The summed E-state index contributed by atoms with van der Waals surface area (Å²) in [7, 11) is 0. The van der Waals surface area contributed by atoms with E-state index in [1.54, 1.807) is 11.0 Å². The zero-order chi connectivity index (χ0) is 21.4. The van der Waals surface area contributed by atoms with Crippen LogP contribution in [0.5, 0.6) is 0 Å². The summed E-state index contributed by atoms with van der Waals surface area (Å²) < 4.78 is 15.9. The van der Waals surface area contributed by atoms with Gasteiger partial charge in [0.25, 0.3) is 0 Å². The Balaban J connectivity index is 1.38. The average molecular weight is 419 g/mol. The van der Waals surface area contributed by atoms with E-state index >= 15 is 0 Å². The molecule has 1 aromatic heterocycles. The molecule has 31 heavy (non-hydrogen) atoms. The first-order chi connectivity index (χ1) is 15.1. The third-order valence-electron chi connectivity index (χ3n) is 6.79. The molecule has 0 aliphatic carbocycles. The molecule has 3 aromatic rings. The topological polar surface area (TPSA) is 41.4 Å². The molecule has 2 saturated heterocycles. The van der Waals surface area contributed by atoms with Gasteiger partial charge in [0.1, 0.15) is 5.82 Å². The van der Waals surface area contributed by atoms with Crippen molar-refractivity contribution in [2.75, 3.05) is 18.0 Å². The minimum Gasteiger partial charge on any atom is -0.303 e. The lowest BCUT2D eigenvalue weighted by Gasteiger charge is -2.59. The molecule has 6 heteroatoms. The second-order valence-electron chi connectivity index (χ2n) is 8.60. The molecule has 3 heterocycles. The third-order valence-corrected chi connectivity index (χ3v) is 6.79. The van der Waals surface area contributed by atoms with Gasteiger partial charge < -0.3 is 4.90 Å². The quantitative estimate of drug-likeness (QED) is 0.576. The fraction of sp³-hybridized carbons (Fsp3) is 0.360. The Kier molecular flexibility index (Phi) is 5.10. The van der Waals surface area contributed by atoms with Crippen molar-refractivity contribution in [3.8, 4) is 0 Å². The highest BCUT2D eigenvalue weighted by Crippen LogP contribution is 2.57. The maximum absolute atomic E-state index is 13.9. The number of nitrogens with zero attached hydrogens (tertiary/aromatic N) is 4. The number of rotatable bonds is 5. The zero-order valence-corrected chi connectivity index (χ0v) is 17.7. The van der Waals surface area contributed by atoms with E-state index in [1.165, 1.54) is 17.7 Å². The molecule has 160 valence electrons. The molecule has 0 bridgehead atoms. The predicted molar refractivity (Wildman–Crippen MR) is 118 cm³/mol. The summed E-state index contributed by atoms with van der Waals surface area (Å²) in [5.74, 6) is -0.203. The van der Waals surface area contributed by atoms with E-state index in [1.807, 2.05) is 35.1 Å². The van der Waals surface area contributed by atoms with Crippen molar-refractivity contribution in [3.63, 3.8) is 0 Å². The van der Waals surface area contributed by atoms with E-state index in [9.17, 15) is 9.18 Å². The molecule has 5 nitrogen and oxygen atoms in total. The van der Waals surface area contributed by atoms with Crippen molar-refractivity contribution in [2.45, 2.75) is 38.9 Å². The number of amides is 1. The van der Waals surface area contributed by atoms with Gasteiger partial charge in [0.2, 0.25) is 5.91 Å². The lowest BCUT2D eigenvalue weighted by Crippen LogP contribution is -2.66. The number of benzene rings is 2. The number of β-lactam (4-membered cyclic amide) rings is 1. The highest BCUT2D eigenvalue weighted by Gasteiger charge is 2.61. The zero-order valence-electron chi connectivity index (χ0n) is 17.7. The maximum atomic E-state index is 13.9. The van der Waals surface area contributed by atoms with E-state index in [2.05, 4.69) is 35.3 Å². The van der Waals surface area contributed by atoms with Gasteiger partial charge in [-0.1, -0.05) is 36.4 Å². The number of anilines is 1. The third kappa shape index (κ3) is 3.45. The molecule has 0 N–H and O–H groups in total. The first kappa shape index (κ1) is 19.9. The van der Waals surface area contributed by atoms with Crippen molar-refractivity contribution < 1.29 is 9.18 Å². The van der Waals surface area contributed by atoms with Crippen LogP contribution in [0.2, 0.25) is 0 Å². The molecule has 0 radical (unpaired) electrons. The van der Waals surface area contributed by atoms with Gasteiger partial charge >= 0.3 is 0 Å². The summed E-state index contributed by atoms with van der Waals surface area (Å²) in [5, 5.41) is 4.37. The summed E-state index contributed by atoms with van der Waals surface area (Å²) in [6.45, 7) is 5.53. The van der Waals surface area contributed by atoms with Gasteiger partial charge in [0.15, 0.2) is 0 Å². The maximum Gasteiger partial charge on any atom is 0.236 e. The van der Waals surface area contributed by atoms with Gasteiger partial charge in [-0.2, -0.15) is 5.10 Å². The molecule has 0 saturated carbocycles. The van der Waals surface area contributed by atoms with Gasteiger partial charge in [0.05, 0.1) is 17.7 Å². The molecule has 2 aliphatic heterocycles. The molecule has 1 atom stereocenters. The molecular weight excluding hydrogens is 391 g/mol. The van der Waals surface area contributed by atoms with Crippen molar-refractivity contribution >= 4 is 11.6 Å². The number of carbonyl (C=O) groups excluding carboxylic acids is 1. The van der Waals surface area contributed by atoms with Crippen LogP contribution in [0.15, 0.2) is 67.0 Å². The normalized spacial score (nSPS) is 20.8. The average Bonchev–Trinajstić information content (AvgIpc) is 3.25. The SMILES string of the molecule is CCn1cc(CN2CCC3(CC2)C(=O)N(c2cccc(F)c2)C3c2ccccc2)cn1. The van der Waals surface area contributed by atoms with E-state index in [0.29, 0.717) is 5.69 Å². The first-order valence-electron chi connectivity index (χ1n) is 11.0. The number of aryl methyl sites for hydroxylation is 1. The van der Waals surface area contributed by atoms with Gasteiger partial charge in [-0.3, -0.25) is 14.4 Å². The highest BCUT2D eigenvalue weighted by atomic mass is 19.1. The van der Waals surface area contributed by atoms with Crippen LogP contribution >= 0.6 is 0 Å². The van der Waals surface area contributed by atoms with E-state index in [-0.39, 0.29) is 17.8 Å². The summed E-state index contributed by atoms with van der Waals surface area (Å²) >= 11 is 0. The van der Waals surface area contributed by atoms with Crippen LogP contribution in [0.1, 0.15) is 36.9 Å². The van der Waals surface area contributed by atoms with Crippen LogP contribution in [0.4, 0.5) is 10.1 Å². The number of piperidine rings is 1. The van der Waals surface area contributed by atoms with Crippen LogP contribution in [0.3, 0.4) is 0 Å². The fourth-order valence-electron chi connectivity index (χ4n) is 5.17. The number of halogens is 1. The predicted octanol–water partition coefficient (Wildman–Crippen LogP) is 4.41. The van der Waals surface area contributed by atoms with Crippen LogP contribution < -0.4 is 4.90 Å². The largest absolute Gasteiger partial charge is 0.303 e. The van der Waals surface area contributed by atoms with Crippen molar-refractivity contribution in [1.29, 1.82) is 0 Å². The first-order valence-corrected chi connectivity index (χ1v) is 11.0. The number of likely N-dealkylation sites (tertiary alicyclic amines) is 1. The summed E-state index contributed by atoms with van der Waals surface area (Å²) in [4.78, 5) is 17.7. The van der Waals surface area contributed by atoms with Gasteiger partial charge in [-0.05, 0) is 56.6 Å². The monoisotopic (exact) mass is 418 g/mol. The minimum atomic E-state index is -0.419. The van der Waals surface area contributed by atoms with Crippen LogP contribution in [-0.4, -0.2) is 33.7 Å². The Morgan fingerprint density at radius 3 is 2.55 bits per heavy atom. The molecule has 2 aromatic carbocycles. The molecule has 1 spiro atoms. The molecule has 5 rings (SSSR count). The van der Waals surface area contributed by atoms with Crippen molar-refractivity contribution in [1.82, 2.24) is 14.7 Å². The second-order valence-corrected chi connectivity index (χ2v) is 8.60. The molecule has 1 unspecified atom stereocenters. The Labute approximate surface area is 182 Å². The fourth-order valence-corrected chi connectivity index (χ4v) is 5.17. The van der Waals surface area contributed by atoms with Crippen LogP contribution in [0.25, 0.3) is 0 Å². The Hall–Kier alpha value is -2.99. The lowest BCUT2D eigenvalue weighted by molar-refractivity contribution is -0.145. The smallest absolute Gasteiger partial charge is 0.236 e. The van der Waals surface area contributed by atoms with Crippen LogP contribution in [-0.2, 0) is 17.9 Å². The molecular formula is C25H27FN4O. The summed E-state index contributed by atoms with van der Waals surface area (Å²) in [6.07, 6.45) is 5.64. The van der Waals surface area contributed by atoms with Gasteiger partial charge in [-0.15, -0.1) is 0 Å². The van der Waals surface area contributed by atoms with E-state index in [0.717, 1.165) is 44.6 Å². The molecule has 2 fully saturated rings. The Bertz CT molecular complexity index is 1070. The Morgan fingerprint density at radius 2 is 1.87 bits per heavy atom. The Morgan fingerprint density at radius 1 is 1.10 bits per heavy atom. The number of carbonyl (C=O) groups is 1. The van der Waals surface area contributed by atoms with Crippen molar-refractivity contribution in [3.05, 3.63) is 83.9 Å². The standard InChI is InChI=1S/C25H27FN4O/c1-2-29-18-19(16-27-29)17-28-13-11-25(12-14-28)23(20-7-4-3-5-8-20)30(24(25)31)22-10-6-9-21(26)15-22/h3-10,15-16,18,23H,2,11-14,17H2,1H3. The van der Waals surface area contributed by atoms with E-state index < -0.39 is 5.41 Å². The van der Waals surface area contributed by atoms with E-state index in [4.69, 9.17) is 0 Å². The van der Waals surface area contributed by atoms with Crippen LogP contribution in [0, 0.1) is 11.2 Å². The molecule has 1 amide bonds. The summed E-state index contributed by atoms with van der Waals surface area (Å²) in [5.41, 5.74) is 2.54. The second kappa shape index (κ2) is 7.93. The number of hydrogen-bond donors (Lipinski definition) is 0. The van der Waals surface area contributed by atoms with Crippen molar-refractivity contribution in [2.24, 2.45) is 5.41 Å². The lowest BCUT2D eigenvalue weighted by atomic mass is 9.62. The van der Waals surface area contributed by atoms with Gasteiger partial charge in [0, 0.05) is 30.5 Å². The van der Waals surface area contributed by atoms with Gasteiger partial charge in [-0.25, -0.2) is 4.39 Å².